The van der Waals surface area contributed by atoms with E-state index in [1.165, 1.54) is 58.0 Å². The van der Waals surface area contributed by atoms with Crippen LogP contribution in [0.1, 0.15) is 57.4 Å². The fraction of sp³-hybridized carbons (Fsp3) is 0.667. The van der Waals surface area contributed by atoms with Crippen molar-refractivity contribution in [2.45, 2.75) is 70.5 Å². The second kappa shape index (κ2) is 12.5. The number of hydrogen-bond donors (Lipinski definition) is 3. The van der Waals surface area contributed by atoms with Crippen LogP contribution in [0.25, 0.3) is 0 Å². The summed E-state index contributed by atoms with van der Waals surface area (Å²) in [5.74, 6) is 1.43. The van der Waals surface area contributed by atoms with Gasteiger partial charge in [-0.3, -0.25) is 9.79 Å². The van der Waals surface area contributed by atoms with E-state index in [9.17, 15) is 4.79 Å². The molecule has 3 N–H and O–H groups in total. The van der Waals surface area contributed by atoms with Crippen LogP contribution in [0.3, 0.4) is 0 Å². The number of rotatable bonds is 8. The van der Waals surface area contributed by atoms with Crippen molar-refractivity contribution >= 4 is 11.9 Å². The number of benzene rings is 1. The number of carbonyl (C=O) groups excluding carboxylic acids is 1. The maximum atomic E-state index is 11.6. The molecule has 1 saturated heterocycles. The molecule has 3 rings (SSSR count). The van der Waals surface area contributed by atoms with Crippen LogP contribution in [-0.2, 0) is 11.3 Å². The number of nitrogens with zero attached hydrogens (tertiary/aromatic N) is 2. The molecule has 7 nitrogen and oxygen atoms in total. The van der Waals surface area contributed by atoms with Gasteiger partial charge in [0.25, 0.3) is 5.91 Å². The van der Waals surface area contributed by atoms with E-state index in [-0.39, 0.29) is 12.5 Å². The second-order valence-electron chi connectivity index (χ2n) is 8.56. The van der Waals surface area contributed by atoms with Crippen LogP contribution in [0.2, 0.25) is 0 Å². The monoisotopic (exact) mass is 429 g/mol. The minimum absolute atomic E-state index is 0.0352. The number of aliphatic imine (C=N–C) groups is 1. The van der Waals surface area contributed by atoms with E-state index in [0.717, 1.165) is 17.6 Å². The summed E-state index contributed by atoms with van der Waals surface area (Å²) in [5.41, 5.74) is 1.09. The maximum absolute atomic E-state index is 11.6. The van der Waals surface area contributed by atoms with Gasteiger partial charge in [0.2, 0.25) is 0 Å². The first-order valence-electron chi connectivity index (χ1n) is 11.9. The highest BCUT2D eigenvalue weighted by atomic mass is 16.5. The van der Waals surface area contributed by atoms with Gasteiger partial charge in [-0.2, -0.15) is 0 Å². The van der Waals surface area contributed by atoms with E-state index >= 15 is 0 Å². The molecule has 1 aromatic rings. The van der Waals surface area contributed by atoms with Gasteiger partial charge < -0.3 is 25.6 Å². The summed E-state index contributed by atoms with van der Waals surface area (Å²) in [5, 5.41) is 9.74. The van der Waals surface area contributed by atoms with Crippen LogP contribution in [-0.4, -0.2) is 62.1 Å². The van der Waals surface area contributed by atoms with Crippen molar-refractivity contribution in [3.05, 3.63) is 29.8 Å². The summed E-state index contributed by atoms with van der Waals surface area (Å²) in [6.45, 7) is 5.56. The summed E-state index contributed by atoms with van der Waals surface area (Å²) in [6.07, 6.45) is 9.32. The first-order valence-corrected chi connectivity index (χ1v) is 11.9. The Morgan fingerprint density at radius 1 is 1.13 bits per heavy atom. The SMILES string of the molecule is CCNC(=O)COc1cccc(CNC(=NC)NC2CCN(C3CCCCC3)CC2)c1. The normalized spacial score (nSPS) is 19.1. The van der Waals surface area contributed by atoms with Gasteiger partial charge in [-0.25, -0.2) is 0 Å². The zero-order chi connectivity index (χ0) is 21.9. The topological polar surface area (TPSA) is 78.0 Å². The van der Waals surface area contributed by atoms with Crippen molar-refractivity contribution < 1.29 is 9.53 Å². The summed E-state index contributed by atoms with van der Waals surface area (Å²) in [6, 6.07) is 9.11. The standard InChI is InChI=1S/C24H39N5O2/c1-3-26-23(30)18-31-22-11-7-8-19(16-22)17-27-24(25-2)28-20-12-14-29(15-13-20)21-9-5-4-6-10-21/h7-8,11,16,20-21H,3-6,9-10,12-15,17-18H2,1-2H3,(H,26,30)(H2,25,27,28). The highest BCUT2D eigenvalue weighted by Gasteiger charge is 2.26. The van der Waals surface area contributed by atoms with Gasteiger partial charge in [-0.15, -0.1) is 0 Å². The van der Waals surface area contributed by atoms with Crippen LogP contribution in [0.15, 0.2) is 29.3 Å². The number of carbonyl (C=O) groups is 1. The Morgan fingerprint density at radius 2 is 1.90 bits per heavy atom. The van der Waals surface area contributed by atoms with E-state index in [1.807, 2.05) is 38.2 Å². The average molecular weight is 430 g/mol. The Hall–Kier alpha value is -2.28. The van der Waals surface area contributed by atoms with Crippen LogP contribution in [0, 0.1) is 0 Å². The Morgan fingerprint density at radius 3 is 2.61 bits per heavy atom. The Labute approximate surface area is 187 Å². The molecule has 0 spiro atoms. The number of likely N-dealkylation sites (tertiary alicyclic amines) is 1. The van der Waals surface area contributed by atoms with Gasteiger partial charge in [0.05, 0.1) is 0 Å². The molecule has 1 saturated carbocycles. The smallest absolute Gasteiger partial charge is 0.257 e. The molecule has 2 aliphatic rings. The second-order valence-corrected chi connectivity index (χ2v) is 8.56. The predicted molar refractivity (Wildman–Crippen MR) is 125 cm³/mol. The molecule has 7 heteroatoms. The lowest BCUT2D eigenvalue weighted by Gasteiger charge is -2.39. The quantitative estimate of drug-likeness (QED) is 0.437. The summed E-state index contributed by atoms with van der Waals surface area (Å²) in [7, 11) is 1.82. The summed E-state index contributed by atoms with van der Waals surface area (Å²) < 4.78 is 5.59. The third-order valence-corrected chi connectivity index (χ3v) is 6.29. The number of nitrogens with one attached hydrogen (secondary N) is 3. The molecular formula is C24H39N5O2. The van der Waals surface area contributed by atoms with Crippen LogP contribution in [0.4, 0.5) is 0 Å². The fourth-order valence-electron chi connectivity index (χ4n) is 4.57. The minimum Gasteiger partial charge on any atom is -0.484 e. The lowest BCUT2D eigenvalue weighted by molar-refractivity contribution is -0.122. The fourth-order valence-corrected chi connectivity index (χ4v) is 4.57. The molecule has 0 aromatic heterocycles. The van der Waals surface area contributed by atoms with Crippen molar-refractivity contribution in [3.63, 3.8) is 0 Å². The van der Waals surface area contributed by atoms with Gasteiger partial charge in [0.15, 0.2) is 12.6 Å². The molecule has 172 valence electrons. The van der Waals surface area contributed by atoms with Crippen LogP contribution >= 0.6 is 0 Å². The van der Waals surface area contributed by atoms with E-state index in [4.69, 9.17) is 4.74 Å². The number of amides is 1. The molecule has 31 heavy (non-hydrogen) atoms. The van der Waals surface area contributed by atoms with Gasteiger partial charge in [-0.05, 0) is 50.3 Å². The molecule has 1 aromatic carbocycles. The minimum atomic E-state index is -0.106. The van der Waals surface area contributed by atoms with Crippen molar-refractivity contribution in [1.82, 2.24) is 20.9 Å². The van der Waals surface area contributed by atoms with E-state index in [2.05, 4.69) is 25.8 Å². The van der Waals surface area contributed by atoms with Gasteiger partial charge in [0, 0.05) is 45.3 Å². The summed E-state index contributed by atoms with van der Waals surface area (Å²) in [4.78, 5) is 18.7. The third-order valence-electron chi connectivity index (χ3n) is 6.29. The van der Waals surface area contributed by atoms with E-state index in [1.54, 1.807) is 0 Å². The number of ether oxygens (including phenoxy) is 1. The lowest BCUT2D eigenvalue weighted by atomic mass is 9.92. The lowest BCUT2D eigenvalue weighted by Crippen LogP contribution is -2.50. The molecule has 1 amide bonds. The number of likely N-dealkylation sites (N-methyl/N-ethyl adjacent to an activating group) is 1. The number of hydrogen-bond acceptors (Lipinski definition) is 4. The number of piperidine rings is 1. The Bertz CT molecular complexity index is 710. The van der Waals surface area contributed by atoms with Crippen molar-refractivity contribution in [2.75, 3.05) is 33.3 Å². The highest BCUT2D eigenvalue weighted by molar-refractivity contribution is 5.80. The summed E-state index contributed by atoms with van der Waals surface area (Å²) >= 11 is 0. The largest absolute Gasteiger partial charge is 0.484 e. The molecule has 1 heterocycles. The maximum Gasteiger partial charge on any atom is 0.257 e. The predicted octanol–water partition coefficient (Wildman–Crippen LogP) is 2.66. The zero-order valence-electron chi connectivity index (χ0n) is 19.2. The molecule has 1 aliphatic carbocycles. The van der Waals surface area contributed by atoms with Crippen molar-refractivity contribution in [3.8, 4) is 5.75 Å². The van der Waals surface area contributed by atoms with Gasteiger partial charge in [-0.1, -0.05) is 31.4 Å². The third kappa shape index (κ3) is 7.73. The highest BCUT2D eigenvalue weighted by Crippen LogP contribution is 2.25. The van der Waals surface area contributed by atoms with Crippen LogP contribution < -0.4 is 20.7 Å². The molecule has 0 unspecified atom stereocenters. The van der Waals surface area contributed by atoms with E-state index < -0.39 is 0 Å². The van der Waals surface area contributed by atoms with Crippen LogP contribution in [0.5, 0.6) is 5.75 Å². The molecule has 2 fully saturated rings. The molecular weight excluding hydrogens is 390 g/mol. The van der Waals surface area contributed by atoms with Gasteiger partial charge >= 0.3 is 0 Å². The first kappa shape index (κ1) is 23.4. The first-order chi connectivity index (χ1) is 15.2. The van der Waals surface area contributed by atoms with Crippen molar-refractivity contribution in [2.24, 2.45) is 4.99 Å². The molecule has 0 radical (unpaired) electrons. The van der Waals surface area contributed by atoms with Gasteiger partial charge in [0.1, 0.15) is 5.75 Å². The molecule has 1 aliphatic heterocycles. The zero-order valence-corrected chi connectivity index (χ0v) is 19.2. The average Bonchev–Trinajstić information content (AvgIpc) is 2.82. The number of guanidine groups is 1. The van der Waals surface area contributed by atoms with E-state index in [0.29, 0.717) is 24.9 Å². The van der Waals surface area contributed by atoms with Crippen molar-refractivity contribution in [1.29, 1.82) is 0 Å². The molecule has 0 bridgehead atoms. The molecule has 0 atom stereocenters. The Kier molecular flexibility index (Phi) is 9.46. The Balaban J connectivity index is 1.40.